The van der Waals surface area contributed by atoms with Crippen molar-refractivity contribution >= 4 is 54.6 Å². The smallest absolute Gasteiger partial charge is 0.497 e. The van der Waals surface area contributed by atoms with Gasteiger partial charge in [0.1, 0.15) is 0 Å². The second-order valence-electron chi connectivity index (χ2n) is 10.9. The summed E-state index contributed by atoms with van der Waals surface area (Å²) in [4.78, 5) is 13.7. The molecule has 0 amide bonds. The van der Waals surface area contributed by atoms with Crippen molar-refractivity contribution in [2.75, 3.05) is 0 Å². The molecule has 0 radical (unpaired) electrons. The van der Waals surface area contributed by atoms with E-state index in [-0.39, 0.29) is 21.1 Å². The summed E-state index contributed by atoms with van der Waals surface area (Å²) in [6.45, 7) is 4.35. The molecule has 0 aliphatic carbocycles. The van der Waals surface area contributed by atoms with Gasteiger partial charge in [-0.25, -0.2) is 0 Å². The first-order valence-corrected chi connectivity index (χ1v) is 14.2. The van der Waals surface area contributed by atoms with Gasteiger partial charge in [-0.05, 0) is 59.0 Å². The average molecular weight is 749 g/mol. The van der Waals surface area contributed by atoms with Crippen molar-refractivity contribution in [3.05, 3.63) is 127 Å². The summed E-state index contributed by atoms with van der Waals surface area (Å²) < 4.78 is 10.6. The zero-order valence-corrected chi connectivity index (χ0v) is 26.0. The molecular formula is C37H23N5OPt. The van der Waals surface area contributed by atoms with E-state index in [2.05, 4.69) is 93.3 Å². The van der Waals surface area contributed by atoms with Gasteiger partial charge in [-0.1, -0.05) is 76.1 Å². The zero-order valence-electron chi connectivity index (χ0n) is 23.8. The van der Waals surface area contributed by atoms with Crippen LogP contribution in [-0.2, 0) is 21.1 Å². The third kappa shape index (κ3) is 3.81. The van der Waals surface area contributed by atoms with Crippen LogP contribution in [-0.4, -0.2) is 23.8 Å². The summed E-state index contributed by atoms with van der Waals surface area (Å²) in [5.74, 6) is 1.19. The molecule has 0 N–H and O–H groups in total. The molecule has 0 fully saturated rings. The summed E-state index contributed by atoms with van der Waals surface area (Å²) in [7, 11) is 0. The molecule has 9 rings (SSSR count). The predicted molar refractivity (Wildman–Crippen MR) is 171 cm³/mol. The summed E-state index contributed by atoms with van der Waals surface area (Å²) in [5, 5.41) is 6.10. The second kappa shape index (κ2) is 10.0. The number of nitrogens with zero attached hydrogens (tertiary/aromatic N) is 5. The first-order valence-electron chi connectivity index (χ1n) is 14.2. The fourth-order valence-corrected chi connectivity index (χ4v) is 6.61. The molecule has 0 bridgehead atoms. The van der Waals surface area contributed by atoms with E-state index < -0.39 is 0 Å². The summed E-state index contributed by atoms with van der Waals surface area (Å²) in [6.07, 6.45) is 11.3. The van der Waals surface area contributed by atoms with Crippen molar-refractivity contribution in [3.63, 3.8) is 0 Å². The van der Waals surface area contributed by atoms with Crippen molar-refractivity contribution in [3.8, 4) is 22.6 Å². The predicted octanol–water partition coefficient (Wildman–Crippen LogP) is 8.66. The third-order valence-corrected chi connectivity index (χ3v) is 8.46. The Morgan fingerprint density at radius 3 is 2.00 bits per heavy atom. The number of hydrogen-bond donors (Lipinski definition) is 0. The number of aromatic nitrogens is 5. The largest absolute Gasteiger partial charge is 2.00 e. The van der Waals surface area contributed by atoms with Gasteiger partial charge in [0.2, 0.25) is 0 Å². The number of imidazole rings is 2. The van der Waals surface area contributed by atoms with Gasteiger partial charge in [0.15, 0.2) is 0 Å². The van der Waals surface area contributed by atoms with Crippen molar-refractivity contribution in [1.29, 1.82) is 0 Å². The van der Waals surface area contributed by atoms with Crippen LogP contribution in [0, 0.1) is 26.0 Å². The van der Waals surface area contributed by atoms with Gasteiger partial charge in [0, 0.05) is 59.7 Å². The van der Waals surface area contributed by atoms with Crippen molar-refractivity contribution in [2.45, 2.75) is 13.8 Å². The molecule has 6 nitrogen and oxygen atoms in total. The maximum Gasteiger partial charge on any atom is 2.00 e. The van der Waals surface area contributed by atoms with Crippen molar-refractivity contribution in [1.82, 2.24) is 23.8 Å². The van der Waals surface area contributed by atoms with Gasteiger partial charge in [0.25, 0.3) is 0 Å². The van der Waals surface area contributed by atoms with E-state index in [9.17, 15) is 0 Å². The molecule has 4 aromatic carbocycles. The first kappa shape index (κ1) is 26.6. The molecular weight excluding hydrogens is 726 g/mol. The van der Waals surface area contributed by atoms with E-state index >= 15 is 0 Å². The molecule has 0 atom stereocenters. The first-order chi connectivity index (χ1) is 21.2. The molecule has 0 unspecified atom stereocenters. The van der Waals surface area contributed by atoms with Crippen molar-refractivity contribution < 1.29 is 25.8 Å². The van der Waals surface area contributed by atoms with Crippen LogP contribution in [0.4, 0.5) is 0 Å². The van der Waals surface area contributed by atoms with Crippen LogP contribution in [0.15, 0.2) is 104 Å². The Bertz CT molecular complexity index is 2560. The van der Waals surface area contributed by atoms with Crippen LogP contribution >= 0.6 is 0 Å². The van der Waals surface area contributed by atoms with Gasteiger partial charge < -0.3 is 13.5 Å². The van der Waals surface area contributed by atoms with Crippen LogP contribution in [0.1, 0.15) is 11.1 Å². The zero-order chi connectivity index (χ0) is 28.7. The van der Waals surface area contributed by atoms with Crippen LogP contribution in [0.5, 0.6) is 11.5 Å². The number of fused-ring (bicyclic) bond motifs is 12. The Hall–Kier alpha value is -5.06. The van der Waals surface area contributed by atoms with E-state index in [1.54, 1.807) is 12.4 Å². The monoisotopic (exact) mass is 748 g/mol. The maximum atomic E-state index is 6.42. The van der Waals surface area contributed by atoms with E-state index in [4.69, 9.17) is 9.72 Å². The van der Waals surface area contributed by atoms with Crippen LogP contribution in [0.3, 0.4) is 0 Å². The SMILES string of the molecule is Cc1cccc(C)c1-c1cccc2c1c1ccc(Oc3[c-]c4c(cc3)c3cnccc3n3ccnc43)[c-]c1c1nccn21.[Pt+2]. The van der Waals surface area contributed by atoms with Crippen LogP contribution in [0.25, 0.3) is 65.8 Å². The maximum absolute atomic E-state index is 6.42. The molecule has 5 heterocycles. The minimum Gasteiger partial charge on any atom is -0.497 e. The van der Waals surface area contributed by atoms with Gasteiger partial charge in [0.05, 0.1) is 11.3 Å². The van der Waals surface area contributed by atoms with Crippen LogP contribution in [0.2, 0.25) is 0 Å². The van der Waals surface area contributed by atoms with Gasteiger partial charge >= 0.3 is 21.1 Å². The number of rotatable bonds is 3. The molecule has 0 saturated carbocycles. The Kier molecular flexibility index (Phi) is 6.04. The normalized spacial score (nSPS) is 11.7. The summed E-state index contributed by atoms with van der Waals surface area (Å²) in [6, 6.07) is 30.1. The van der Waals surface area contributed by atoms with E-state index in [0.717, 1.165) is 49.3 Å². The fraction of sp³-hybridized carbons (Fsp3) is 0.0541. The number of ether oxygens (including phenoxy) is 1. The minimum atomic E-state index is 0. The van der Waals surface area contributed by atoms with Crippen LogP contribution < -0.4 is 4.74 Å². The average Bonchev–Trinajstić information content (AvgIpc) is 3.73. The molecule has 0 aliphatic heterocycles. The van der Waals surface area contributed by atoms with Gasteiger partial charge in [-0.15, -0.1) is 12.1 Å². The summed E-state index contributed by atoms with van der Waals surface area (Å²) in [5.41, 5.74) is 8.77. The summed E-state index contributed by atoms with van der Waals surface area (Å²) >= 11 is 0. The number of pyridine rings is 3. The molecule has 0 saturated heterocycles. The molecule has 0 aliphatic rings. The van der Waals surface area contributed by atoms with E-state index in [1.807, 2.05) is 43.0 Å². The topological polar surface area (TPSA) is 56.7 Å². The Labute approximate surface area is 266 Å². The van der Waals surface area contributed by atoms with Gasteiger partial charge in [-0.3, -0.25) is 15.0 Å². The molecule has 0 spiro atoms. The van der Waals surface area contributed by atoms with E-state index in [1.165, 1.54) is 27.6 Å². The molecule has 5 aromatic heterocycles. The van der Waals surface area contributed by atoms with Gasteiger partial charge in [-0.2, -0.15) is 0 Å². The molecule has 7 heteroatoms. The number of benzene rings is 4. The molecule has 44 heavy (non-hydrogen) atoms. The molecule has 212 valence electrons. The Balaban J connectivity index is 0.00000289. The Morgan fingerprint density at radius 2 is 1.27 bits per heavy atom. The fourth-order valence-electron chi connectivity index (χ4n) is 6.61. The second-order valence-corrected chi connectivity index (χ2v) is 10.9. The third-order valence-electron chi connectivity index (χ3n) is 8.46. The quantitative estimate of drug-likeness (QED) is 0.134. The Morgan fingerprint density at radius 1 is 0.636 bits per heavy atom. The standard InChI is InChI=1S/C37H23N5O.Pt/c1-22-5-3-6-23(2)34(22)28-7-4-8-33-35(28)27-12-10-25(20-30(27)37-40-16-18-42(33)37)43-24-9-11-26-29(19-24)36-39-15-17-41(36)32-13-14-38-21-31(26)32;/h3-18,21H,1-2H3;/q-2;+2. The number of hydrogen-bond acceptors (Lipinski definition) is 4. The molecule has 9 aromatic rings. The minimum absolute atomic E-state index is 0. The van der Waals surface area contributed by atoms with Crippen molar-refractivity contribution in [2.24, 2.45) is 0 Å². The number of aryl methyl sites for hydroxylation is 2. The van der Waals surface area contributed by atoms with E-state index in [0.29, 0.717) is 11.5 Å².